The molecular weight excluding hydrogens is 166 g/mol. The summed E-state index contributed by atoms with van der Waals surface area (Å²) in [5.41, 5.74) is 5.78. The van der Waals surface area contributed by atoms with E-state index in [0.29, 0.717) is 5.69 Å². The molecule has 5 nitrogen and oxygen atoms in total. The number of nitrogens with one attached hydrogen (secondary N) is 1. The Bertz CT molecular complexity index is 439. The second kappa shape index (κ2) is 2.95. The second-order valence-corrected chi connectivity index (χ2v) is 2.73. The summed E-state index contributed by atoms with van der Waals surface area (Å²) in [4.78, 5) is 4.17. The Morgan fingerprint density at radius 2 is 2.23 bits per heavy atom. The number of nitrogens with zero attached hydrogens (tertiary/aromatic N) is 3. The molecule has 0 aliphatic heterocycles. The molecule has 0 bridgehead atoms. The average Bonchev–Trinajstić information content (AvgIpc) is 2.18. The minimum atomic E-state index is 0.689. The van der Waals surface area contributed by atoms with Gasteiger partial charge in [0.2, 0.25) is 0 Å². The number of hydrazine groups is 1. The number of nitrogen functional groups attached to an aromatic ring is 1. The van der Waals surface area contributed by atoms with E-state index in [1.807, 2.05) is 13.0 Å². The predicted octanol–water partition coefficient (Wildman–Crippen LogP) is 0.619. The summed E-state index contributed by atoms with van der Waals surface area (Å²) in [5.74, 6) is 5.31. The van der Waals surface area contributed by atoms with Gasteiger partial charge in [-0.2, -0.15) is 5.10 Å². The number of fused-ring (bicyclic) bond motifs is 1. The zero-order valence-corrected chi connectivity index (χ0v) is 7.15. The first-order valence-corrected chi connectivity index (χ1v) is 3.86. The van der Waals surface area contributed by atoms with Crippen LogP contribution in [0.5, 0.6) is 0 Å². The standard InChI is InChI=1S/C8H9N5/c1-5-2-3-10-8-6(12-9)4-11-13-7(5)8/h2-4H,9H2,1H3,(H,12,13). The van der Waals surface area contributed by atoms with E-state index in [-0.39, 0.29) is 0 Å². The van der Waals surface area contributed by atoms with Crippen molar-refractivity contribution in [3.8, 4) is 0 Å². The summed E-state index contributed by atoms with van der Waals surface area (Å²) in [6, 6.07) is 1.89. The maximum atomic E-state index is 5.31. The van der Waals surface area contributed by atoms with E-state index >= 15 is 0 Å². The molecule has 13 heavy (non-hydrogen) atoms. The third kappa shape index (κ3) is 1.19. The van der Waals surface area contributed by atoms with Crippen LogP contribution >= 0.6 is 0 Å². The summed E-state index contributed by atoms with van der Waals surface area (Å²) in [6.45, 7) is 1.96. The fraction of sp³-hybridized carbons (Fsp3) is 0.125. The average molecular weight is 175 g/mol. The summed E-state index contributed by atoms with van der Waals surface area (Å²) in [6.07, 6.45) is 3.27. The van der Waals surface area contributed by atoms with E-state index in [1.165, 1.54) is 0 Å². The van der Waals surface area contributed by atoms with Crippen LogP contribution in [0.15, 0.2) is 18.5 Å². The van der Waals surface area contributed by atoms with Crippen LogP contribution in [0.2, 0.25) is 0 Å². The molecule has 0 fully saturated rings. The summed E-state index contributed by atoms with van der Waals surface area (Å²) in [7, 11) is 0. The molecular formula is C8H9N5. The molecule has 0 atom stereocenters. The van der Waals surface area contributed by atoms with Crippen LogP contribution in [-0.2, 0) is 0 Å². The fourth-order valence-electron chi connectivity index (χ4n) is 1.18. The molecule has 0 aromatic carbocycles. The minimum Gasteiger partial charge on any atom is -0.321 e. The van der Waals surface area contributed by atoms with Crippen molar-refractivity contribution in [3.63, 3.8) is 0 Å². The molecule has 3 N–H and O–H groups in total. The van der Waals surface area contributed by atoms with Crippen LogP contribution in [-0.4, -0.2) is 15.2 Å². The zero-order valence-electron chi connectivity index (χ0n) is 7.15. The molecule has 66 valence electrons. The van der Waals surface area contributed by atoms with Crippen molar-refractivity contribution in [2.75, 3.05) is 5.43 Å². The molecule has 0 unspecified atom stereocenters. The van der Waals surface area contributed by atoms with Crippen molar-refractivity contribution in [3.05, 3.63) is 24.0 Å². The highest BCUT2D eigenvalue weighted by atomic mass is 15.2. The van der Waals surface area contributed by atoms with Gasteiger partial charge in [-0.3, -0.25) is 10.8 Å². The molecule has 2 aromatic rings. The summed E-state index contributed by atoms with van der Waals surface area (Å²) in [5, 5.41) is 7.79. The molecule has 2 aromatic heterocycles. The first-order valence-electron chi connectivity index (χ1n) is 3.86. The molecule has 2 rings (SSSR count). The maximum absolute atomic E-state index is 5.31. The lowest BCUT2D eigenvalue weighted by atomic mass is 10.2. The highest BCUT2D eigenvalue weighted by Gasteiger charge is 2.03. The zero-order chi connectivity index (χ0) is 9.26. The molecule has 5 heteroatoms. The molecule has 0 aliphatic rings. The third-order valence-electron chi connectivity index (χ3n) is 1.88. The van der Waals surface area contributed by atoms with E-state index in [2.05, 4.69) is 20.6 Å². The third-order valence-corrected chi connectivity index (χ3v) is 1.88. The predicted molar refractivity (Wildman–Crippen MR) is 49.9 cm³/mol. The van der Waals surface area contributed by atoms with Crippen molar-refractivity contribution in [1.29, 1.82) is 0 Å². The number of hydrogen-bond donors (Lipinski definition) is 2. The van der Waals surface area contributed by atoms with Gasteiger partial charge in [0.05, 0.1) is 11.9 Å². The first-order chi connectivity index (χ1) is 6.33. The van der Waals surface area contributed by atoms with Gasteiger partial charge in [0, 0.05) is 6.20 Å². The van der Waals surface area contributed by atoms with Crippen molar-refractivity contribution >= 4 is 16.7 Å². The van der Waals surface area contributed by atoms with Gasteiger partial charge in [-0.1, -0.05) is 0 Å². The van der Waals surface area contributed by atoms with Gasteiger partial charge in [-0.05, 0) is 18.6 Å². The van der Waals surface area contributed by atoms with E-state index in [4.69, 9.17) is 5.84 Å². The quantitative estimate of drug-likeness (QED) is 0.490. The maximum Gasteiger partial charge on any atom is 0.117 e. The van der Waals surface area contributed by atoms with E-state index < -0.39 is 0 Å². The Hall–Kier alpha value is -1.75. The highest BCUT2D eigenvalue weighted by Crippen LogP contribution is 2.18. The van der Waals surface area contributed by atoms with Gasteiger partial charge in [-0.15, -0.1) is 5.10 Å². The van der Waals surface area contributed by atoms with E-state index in [9.17, 15) is 0 Å². The first kappa shape index (κ1) is 7.88. The van der Waals surface area contributed by atoms with Gasteiger partial charge >= 0.3 is 0 Å². The van der Waals surface area contributed by atoms with Crippen LogP contribution in [0, 0.1) is 6.92 Å². The lowest BCUT2D eigenvalue weighted by Gasteiger charge is -2.03. The minimum absolute atomic E-state index is 0.689. The van der Waals surface area contributed by atoms with Crippen molar-refractivity contribution in [2.24, 2.45) is 5.84 Å². The fourth-order valence-corrected chi connectivity index (χ4v) is 1.18. The molecule has 2 heterocycles. The monoisotopic (exact) mass is 175 g/mol. The Balaban J connectivity index is 2.84. The summed E-state index contributed by atoms with van der Waals surface area (Å²) < 4.78 is 0. The Kier molecular flexibility index (Phi) is 1.79. The van der Waals surface area contributed by atoms with Gasteiger partial charge in [0.25, 0.3) is 0 Å². The smallest absolute Gasteiger partial charge is 0.117 e. The number of hydrogen-bond acceptors (Lipinski definition) is 5. The normalized spacial score (nSPS) is 10.3. The van der Waals surface area contributed by atoms with Crippen molar-refractivity contribution in [2.45, 2.75) is 6.92 Å². The largest absolute Gasteiger partial charge is 0.321 e. The van der Waals surface area contributed by atoms with Crippen LogP contribution in [0.1, 0.15) is 5.56 Å². The number of pyridine rings is 1. The van der Waals surface area contributed by atoms with E-state index in [0.717, 1.165) is 16.6 Å². The SMILES string of the molecule is Cc1ccnc2c(NN)cnnc12. The second-order valence-electron chi connectivity index (χ2n) is 2.73. The lowest BCUT2D eigenvalue weighted by Crippen LogP contribution is -2.08. The van der Waals surface area contributed by atoms with Crippen LogP contribution in [0.3, 0.4) is 0 Å². The summed E-state index contributed by atoms with van der Waals surface area (Å²) >= 11 is 0. The van der Waals surface area contributed by atoms with Gasteiger partial charge in [-0.25, -0.2) is 0 Å². The molecule has 0 saturated heterocycles. The molecule has 0 amide bonds. The molecule has 0 spiro atoms. The highest BCUT2D eigenvalue weighted by molar-refractivity contribution is 5.87. The van der Waals surface area contributed by atoms with Gasteiger partial charge < -0.3 is 5.43 Å². The Morgan fingerprint density at radius 3 is 3.00 bits per heavy atom. The Labute approximate surface area is 75.0 Å². The number of aryl methyl sites for hydroxylation is 1. The van der Waals surface area contributed by atoms with E-state index in [1.54, 1.807) is 12.4 Å². The molecule has 0 radical (unpaired) electrons. The van der Waals surface area contributed by atoms with Crippen LogP contribution in [0.4, 0.5) is 5.69 Å². The number of rotatable bonds is 1. The van der Waals surface area contributed by atoms with Crippen LogP contribution in [0.25, 0.3) is 11.0 Å². The van der Waals surface area contributed by atoms with Crippen molar-refractivity contribution in [1.82, 2.24) is 15.2 Å². The van der Waals surface area contributed by atoms with Crippen molar-refractivity contribution < 1.29 is 0 Å². The molecule has 0 aliphatic carbocycles. The van der Waals surface area contributed by atoms with Gasteiger partial charge in [0.15, 0.2) is 0 Å². The number of nitrogens with two attached hydrogens (primary N) is 1. The van der Waals surface area contributed by atoms with Crippen LogP contribution < -0.4 is 11.3 Å². The number of anilines is 1. The molecule has 0 saturated carbocycles. The topological polar surface area (TPSA) is 76.7 Å². The Morgan fingerprint density at radius 1 is 1.38 bits per heavy atom. The van der Waals surface area contributed by atoms with Gasteiger partial charge in [0.1, 0.15) is 11.0 Å². The lowest BCUT2D eigenvalue weighted by molar-refractivity contribution is 1.06. The number of aromatic nitrogens is 3.